The second-order valence-corrected chi connectivity index (χ2v) is 8.15. The third-order valence-electron chi connectivity index (χ3n) is 6.19. The molecule has 2 aromatic rings. The number of carbonyl (C=O) groups is 2. The lowest BCUT2D eigenvalue weighted by molar-refractivity contribution is 0.0152. The second kappa shape index (κ2) is 8.59. The number of ether oxygens (including phenoxy) is 2. The SMILES string of the molecule is CCc1nn(CCCOC(=O)c2ccnn2C)c2c1C(=O)NCC1(CCOCC1)C2. The van der Waals surface area contributed by atoms with E-state index in [9.17, 15) is 9.59 Å². The van der Waals surface area contributed by atoms with Gasteiger partial charge in [0.15, 0.2) is 0 Å². The van der Waals surface area contributed by atoms with Crippen LogP contribution in [0.3, 0.4) is 0 Å². The Bertz CT molecular complexity index is 926. The monoisotopic (exact) mass is 415 g/mol. The standard InChI is InChI=1S/C21H29N5O4/c1-3-15-18-17(13-21(14-22-19(18)27)6-11-29-12-7-21)26(24-15)9-4-10-30-20(28)16-5-8-23-25(16)2/h5,8H,3-4,6-7,9-14H2,1-2H3,(H,22,27). The molecule has 2 aliphatic heterocycles. The normalized spacial score (nSPS) is 18.0. The Labute approximate surface area is 175 Å². The lowest BCUT2D eigenvalue weighted by Gasteiger charge is -2.36. The van der Waals surface area contributed by atoms with Crippen LogP contribution in [0.2, 0.25) is 0 Å². The first-order valence-electron chi connectivity index (χ1n) is 10.6. The van der Waals surface area contributed by atoms with Crippen LogP contribution in [0.15, 0.2) is 12.3 Å². The van der Waals surface area contributed by atoms with Gasteiger partial charge in [-0.25, -0.2) is 4.79 Å². The number of aromatic nitrogens is 4. The lowest BCUT2D eigenvalue weighted by Crippen LogP contribution is -2.40. The molecule has 30 heavy (non-hydrogen) atoms. The van der Waals surface area contributed by atoms with E-state index in [2.05, 4.69) is 10.4 Å². The first-order valence-corrected chi connectivity index (χ1v) is 10.6. The van der Waals surface area contributed by atoms with E-state index in [0.717, 1.165) is 49.4 Å². The van der Waals surface area contributed by atoms with Crippen LogP contribution in [0.25, 0.3) is 0 Å². The summed E-state index contributed by atoms with van der Waals surface area (Å²) in [6, 6.07) is 1.63. The van der Waals surface area contributed by atoms with Crippen molar-refractivity contribution in [2.75, 3.05) is 26.4 Å². The largest absolute Gasteiger partial charge is 0.461 e. The number of nitrogens with one attached hydrogen (secondary N) is 1. The van der Waals surface area contributed by atoms with Crippen molar-refractivity contribution in [2.24, 2.45) is 12.5 Å². The first-order chi connectivity index (χ1) is 14.5. The molecule has 9 heteroatoms. The Morgan fingerprint density at radius 2 is 2.17 bits per heavy atom. The fourth-order valence-corrected chi connectivity index (χ4v) is 4.38. The molecule has 0 aliphatic carbocycles. The fraction of sp³-hybridized carbons (Fsp3) is 0.619. The van der Waals surface area contributed by atoms with Gasteiger partial charge in [-0.3, -0.25) is 14.2 Å². The van der Waals surface area contributed by atoms with Crippen LogP contribution >= 0.6 is 0 Å². The number of carbonyl (C=O) groups excluding carboxylic acids is 2. The molecule has 1 fully saturated rings. The van der Waals surface area contributed by atoms with Gasteiger partial charge < -0.3 is 14.8 Å². The third kappa shape index (κ3) is 3.98. The zero-order chi connectivity index (χ0) is 21.1. The molecule has 1 saturated heterocycles. The van der Waals surface area contributed by atoms with Crippen molar-refractivity contribution in [1.29, 1.82) is 0 Å². The van der Waals surface area contributed by atoms with E-state index in [4.69, 9.17) is 14.6 Å². The van der Waals surface area contributed by atoms with Crippen LogP contribution in [-0.4, -0.2) is 57.8 Å². The Morgan fingerprint density at radius 1 is 1.37 bits per heavy atom. The maximum atomic E-state index is 12.8. The molecule has 0 unspecified atom stereocenters. The highest BCUT2D eigenvalue weighted by Gasteiger charge is 2.39. The van der Waals surface area contributed by atoms with E-state index in [-0.39, 0.29) is 23.9 Å². The molecule has 4 rings (SSSR count). The van der Waals surface area contributed by atoms with Crippen molar-refractivity contribution in [3.05, 3.63) is 34.9 Å². The van der Waals surface area contributed by atoms with Crippen molar-refractivity contribution in [3.8, 4) is 0 Å². The predicted molar refractivity (Wildman–Crippen MR) is 108 cm³/mol. The summed E-state index contributed by atoms with van der Waals surface area (Å²) in [5.41, 5.74) is 3.01. The Balaban J connectivity index is 1.47. The van der Waals surface area contributed by atoms with Gasteiger partial charge in [0.25, 0.3) is 5.91 Å². The molecular formula is C21H29N5O4. The van der Waals surface area contributed by atoms with E-state index in [0.29, 0.717) is 31.6 Å². The summed E-state index contributed by atoms with van der Waals surface area (Å²) in [6.45, 7) is 5.03. The molecule has 9 nitrogen and oxygen atoms in total. The number of amides is 1. The average molecular weight is 415 g/mol. The van der Waals surface area contributed by atoms with E-state index >= 15 is 0 Å². The number of nitrogens with zero attached hydrogens (tertiary/aromatic N) is 4. The summed E-state index contributed by atoms with van der Waals surface area (Å²) in [5, 5.41) is 11.8. The van der Waals surface area contributed by atoms with Gasteiger partial charge >= 0.3 is 5.97 Å². The van der Waals surface area contributed by atoms with Gasteiger partial charge in [-0.15, -0.1) is 0 Å². The lowest BCUT2D eigenvalue weighted by atomic mass is 9.76. The highest BCUT2D eigenvalue weighted by molar-refractivity contribution is 5.97. The predicted octanol–water partition coefficient (Wildman–Crippen LogP) is 1.51. The minimum absolute atomic E-state index is 0.0218. The smallest absolute Gasteiger partial charge is 0.356 e. The molecule has 1 N–H and O–H groups in total. The molecule has 0 bridgehead atoms. The number of esters is 1. The van der Waals surface area contributed by atoms with Crippen molar-refractivity contribution in [3.63, 3.8) is 0 Å². The van der Waals surface area contributed by atoms with Crippen LogP contribution in [0, 0.1) is 5.41 Å². The van der Waals surface area contributed by atoms with E-state index in [1.54, 1.807) is 19.3 Å². The zero-order valence-electron chi connectivity index (χ0n) is 17.6. The number of rotatable bonds is 6. The highest BCUT2D eigenvalue weighted by atomic mass is 16.5. The molecule has 2 aromatic heterocycles. The number of aryl methyl sites for hydroxylation is 3. The van der Waals surface area contributed by atoms with Gasteiger partial charge in [-0.05, 0) is 37.2 Å². The topological polar surface area (TPSA) is 100 Å². The van der Waals surface area contributed by atoms with E-state index in [1.807, 2.05) is 11.6 Å². The number of fused-ring (bicyclic) bond motifs is 1. The molecule has 0 radical (unpaired) electrons. The molecule has 0 aromatic carbocycles. The molecular weight excluding hydrogens is 386 g/mol. The van der Waals surface area contributed by atoms with Crippen molar-refractivity contribution in [2.45, 2.75) is 45.6 Å². The Hall–Kier alpha value is -2.68. The Morgan fingerprint density at radius 3 is 2.87 bits per heavy atom. The molecule has 1 amide bonds. The van der Waals surface area contributed by atoms with Gasteiger partial charge in [0.2, 0.25) is 0 Å². The summed E-state index contributed by atoms with van der Waals surface area (Å²) in [4.78, 5) is 25.0. The van der Waals surface area contributed by atoms with Crippen LogP contribution in [0.4, 0.5) is 0 Å². The van der Waals surface area contributed by atoms with Gasteiger partial charge in [0.05, 0.1) is 23.6 Å². The first kappa shape index (κ1) is 20.6. The quantitative estimate of drug-likeness (QED) is 0.567. The minimum Gasteiger partial charge on any atom is -0.461 e. The molecule has 4 heterocycles. The van der Waals surface area contributed by atoms with Gasteiger partial charge in [-0.1, -0.05) is 6.92 Å². The minimum atomic E-state index is -0.385. The van der Waals surface area contributed by atoms with Gasteiger partial charge in [0.1, 0.15) is 5.69 Å². The van der Waals surface area contributed by atoms with Crippen molar-refractivity contribution >= 4 is 11.9 Å². The summed E-state index contributed by atoms with van der Waals surface area (Å²) in [7, 11) is 1.71. The molecule has 2 aliphatic rings. The summed E-state index contributed by atoms with van der Waals surface area (Å²) in [5.74, 6) is -0.414. The molecule has 0 atom stereocenters. The zero-order valence-corrected chi connectivity index (χ0v) is 17.6. The van der Waals surface area contributed by atoms with Gasteiger partial charge in [-0.2, -0.15) is 10.2 Å². The third-order valence-corrected chi connectivity index (χ3v) is 6.19. The summed E-state index contributed by atoms with van der Waals surface area (Å²) < 4.78 is 14.4. The average Bonchev–Trinajstić information content (AvgIpc) is 3.29. The molecule has 1 spiro atoms. The molecule has 162 valence electrons. The summed E-state index contributed by atoms with van der Waals surface area (Å²) >= 11 is 0. The van der Waals surface area contributed by atoms with Crippen LogP contribution in [-0.2, 0) is 35.9 Å². The van der Waals surface area contributed by atoms with Crippen LogP contribution in [0.5, 0.6) is 0 Å². The number of hydrogen-bond donors (Lipinski definition) is 1. The summed E-state index contributed by atoms with van der Waals surface area (Å²) in [6.07, 6.45) is 5.57. The van der Waals surface area contributed by atoms with E-state index in [1.165, 1.54) is 4.68 Å². The molecule has 0 saturated carbocycles. The number of hydrogen-bond acceptors (Lipinski definition) is 6. The second-order valence-electron chi connectivity index (χ2n) is 8.15. The Kier molecular flexibility index (Phi) is 5.90. The van der Waals surface area contributed by atoms with Crippen molar-refractivity contribution < 1.29 is 19.1 Å². The van der Waals surface area contributed by atoms with Crippen molar-refractivity contribution in [1.82, 2.24) is 24.9 Å². The maximum Gasteiger partial charge on any atom is 0.356 e. The van der Waals surface area contributed by atoms with Crippen LogP contribution < -0.4 is 5.32 Å². The van der Waals surface area contributed by atoms with E-state index < -0.39 is 0 Å². The fourth-order valence-electron chi connectivity index (χ4n) is 4.38. The van der Waals surface area contributed by atoms with Gasteiger partial charge in [0, 0.05) is 46.0 Å². The van der Waals surface area contributed by atoms with Crippen LogP contribution in [0.1, 0.15) is 58.4 Å². The maximum absolute atomic E-state index is 12.8. The highest BCUT2D eigenvalue weighted by Crippen LogP contribution is 2.37.